The fourth-order valence-corrected chi connectivity index (χ4v) is 2.93. The number of nitrogens with one attached hydrogen (secondary N) is 1. The van der Waals surface area contributed by atoms with Crippen molar-refractivity contribution in [2.45, 2.75) is 19.0 Å². The number of pyridine rings is 1. The maximum atomic E-state index is 4.07. The summed E-state index contributed by atoms with van der Waals surface area (Å²) in [7, 11) is 2.18. The topological polar surface area (TPSA) is 28.2 Å². The van der Waals surface area contributed by atoms with Crippen LogP contribution < -0.4 is 5.32 Å². The number of hydrogen-bond donors (Lipinski definition) is 1. The SMILES string of the molecule is CN(Cc1ccncc1)CC1NCCc2ccccc21. The minimum absolute atomic E-state index is 0.437. The standard InChI is InChI=1S/C17H21N3/c1-20(12-14-6-9-18-10-7-14)13-17-16-5-3-2-4-15(16)8-11-19-17/h2-7,9-10,17,19H,8,11-13H2,1H3. The molecule has 20 heavy (non-hydrogen) atoms. The van der Waals surface area contributed by atoms with Crippen molar-refractivity contribution in [3.8, 4) is 0 Å². The van der Waals surface area contributed by atoms with E-state index >= 15 is 0 Å². The lowest BCUT2D eigenvalue weighted by Gasteiger charge is -2.30. The van der Waals surface area contributed by atoms with Crippen LogP contribution in [0.1, 0.15) is 22.7 Å². The quantitative estimate of drug-likeness (QED) is 0.922. The van der Waals surface area contributed by atoms with Crippen LogP contribution in [-0.4, -0.2) is 30.0 Å². The van der Waals surface area contributed by atoms with E-state index < -0.39 is 0 Å². The maximum Gasteiger partial charge on any atom is 0.0452 e. The molecule has 2 aromatic rings. The molecule has 0 radical (unpaired) electrons. The second-order valence-electron chi connectivity index (χ2n) is 5.51. The van der Waals surface area contributed by atoms with E-state index in [1.165, 1.54) is 16.7 Å². The lowest BCUT2D eigenvalue weighted by atomic mass is 9.94. The van der Waals surface area contributed by atoms with Crippen molar-refractivity contribution in [3.63, 3.8) is 0 Å². The van der Waals surface area contributed by atoms with E-state index in [1.54, 1.807) is 0 Å². The summed E-state index contributed by atoms with van der Waals surface area (Å²) in [5.41, 5.74) is 4.26. The van der Waals surface area contributed by atoms with Crippen molar-refractivity contribution in [2.75, 3.05) is 20.1 Å². The van der Waals surface area contributed by atoms with Crippen LogP contribution in [0.2, 0.25) is 0 Å². The van der Waals surface area contributed by atoms with Crippen molar-refractivity contribution in [1.29, 1.82) is 0 Å². The van der Waals surface area contributed by atoms with E-state index in [0.717, 1.165) is 26.1 Å². The predicted molar refractivity (Wildman–Crippen MR) is 81.5 cm³/mol. The second kappa shape index (κ2) is 6.16. The first-order valence-corrected chi connectivity index (χ1v) is 7.21. The van der Waals surface area contributed by atoms with Crippen molar-refractivity contribution < 1.29 is 0 Å². The third kappa shape index (κ3) is 3.06. The van der Waals surface area contributed by atoms with Crippen LogP contribution >= 0.6 is 0 Å². The van der Waals surface area contributed by atoms with E-state index in [-0.39, 0.29) is 0 Å². The zero-order valence-corrected chi connectivity index (χ0v) is 11.9. The fraction of sp³-hybridized carbons (Fsp3) is 0.353. The molecule has 0 aliphatic carbocycles. The van der Waals surface area contributed by atoms with Crippen LogP contribution in [-0.2, 0) is 13.0 Å². The molecule has 0 bridgehead atoms. The first-order chi connectivity index (χ1) is 9.83. The summed E-state index contributed by atoms with van der Waals surface area (Å²) in [5, 5.41) is 3.64. The van der Waals surface area contributed by atoms with E-state index in [1.807, 2.05) is 12.4 Å². The molecule has 1 N–H and O–H groups in total. The molecule has 0 spiro atoms. The monoisotopic (exact) mass is 267 g/mol. The van der Waals surface area contributed by atoms with Gasteiger partial charge in [0.2, 0.25) is 0 Å². The van der Waals surface area contributed by atoms with Gasteiger partial charge in [-0.1, -0.05) is 24.3 Å². The van der Waals surface area contributed by atoms with Crippen LogP contribution in [0.3, 0.4) is 0 Å². The summed E-state index contributed by atoms with van der Waals surface area (Å²) in [6, 6.07) is 13.4. The molecule has 1 aliphatic rings. The van der Waals surface area contributed by atoms with Crippen molar-refractivity contribution in [1.82, 2.24) is 15.2 Å². The summed E-state index contributed by atoms with van der Waals surface area (Å²) >= 11 is 0. The molecule has 1 atom stereocenters. The Bertz CT molecular complexity index is 553. The fourth-order valence-electron chi connectivity index (χ4n) is 2.93. The molecule has 0 amide bonds. The Morgan fingerprint density at radius 1 is 1.20 bits per heavy atom. The van der Waals surface area contributed by atoms with Crippen LogP contribution in [0.5, 0.6) is 0 Å². The van der Waals surface area contributed by atoms with Gasteiger partial charge in [0.05, 0.1) is 0 Å². The normalized spacial score (nSPS) is 18.0. The van der Waals surface area contributed by atoms with Gasteiger partial charge >= 0.3 is 0 Å². The Morgan fingerprint density at radius 3 is 2.85 bits per heavy atom. The van der Waals surface area contributed by atoms with Crippen molar-refractivity contribution in [3.05, 3.63) is 65.5 Å². The minimum Gasteiger partial charge on any atom is -0.309 e. The zero-order chi connectivity index (χ0) is 13.8. The molecule has 0 fully saturated rings. The van der Waals surface area contributed by atoms with Gasteiger partial charge in [0.15, 0.2) is 0 Å². The first-order valence-electron chi connectivity index (χ1n) is 7.21. The van der Waals surface area contributed by atoms with Crippen molar-refractivity contribution in [2.24, 2.45) is 0 Å². The van der Waals surface area contributed by atoms with Gasteiger partial charge in [-0.05, 0) is 48.8 Å². The number of likely N-dealkylation sites (N-methyl/N-ethyl adjacent to an activating group) is 1. The Labute approximate surface area is 120 Å². The van der Waals surface area contributed by atoms with Gasteiger partial charge in [0.1, 0.15) is 0 Å². The molecule has 3 nitrogen and oxygen atoms in total. The van der Waals surface area contributed by atoms with Crippen LogP contribution in [0.4, 0.5) is 0 Å². The number of benzene rings is 1. The highest BCUT2D eigenvalue weighted by Crippen LogP contribution is 2.23. The summed E-state index contributed by atoms with van der Waals surface area (Å²) in [4.78, 5) is 6.44. The van der Waals surface area contributed by atoms with Gasteiger partial charge in [-0.15, -0.1) is 0 Å². The average Bonchev–Trinajstić information content (AvgIpc) is 2.48. The lowest BCUT2D eigenvalue weighted by molar-refractivity contribution is 0.278. The molecule has 3 heteroatoms. The summed E-state index contributed by atoms with van der Waals surface area (Å²) in [5.74, 6) is 0. The van der Waals surface area contributed by atoms with Gasteiger partial charge < -0.3 is 10.2 Å². The molecule has 104 valence electrons. The zero-order valence-electron chi connectivity index (χ0n) is 11.9. The molecular formula is C17H21N3. The maximum absolute atomic E-state index is 4.07. The number of hydrogen-bond acceptors (Lipinski definition) is 3. The molecule has 0 saturated carbocycles. The minimum atomic E-state index is 0.437. The number of nitrogens with zero attached hydrogens (tertiary/aromatic N) is 2. The highest BCUT2D eigenvalue weighted by Gasteiger charge is 2.20. The predicted octanol–water partition coefficient (Wildman–Crippen LogP) is 2.40. The van der Waals surface area contributed by atoms with E-state index in [2.05, 4.69) is 58.6 Å². The summed E-state index contributed by atoms with van der Waals surface area (Å²) < 4.78 is 0. The molecule has 2 heterocycles. The Kier molecular flexibility index (Phi) is 4.09. The lowest BCUT2D eigenvalue weighted by Crippen LogP contribution is -2.37. The van der Waals surface area contributed by atoms with Gasteiger partial charge in [-0.25, -0.2) is 0 Å². The highest BCUT2D eigenvalue weighted by molar-refractivity contribution is 5.32. The van der Waals surface area contributed by atoms with E-state index in [9.17, 15) is 0 Å². The molecule has 1 aromatic heterocycles. The average molecular weight is 267 g/mol. The molecule has 1 unspecified atom stereocenters. The van der Waals surface area contributed by atoms with Crippen molar-refractivity contribution >= 4 is 0 Å². The number of rotatable bonds is 4. The third-order valence-corrected chi connectivity index (χ3v) is 3.91. The first kappa shape index (κ1) is 13.3. The van der Waals surface area contributed by atoms with Crippen LogP contribution in [0.15, 0.2) is 48.8 Å². The summed E-state index contributed by atoms with van der Waals surface area (Å²) in [6.45, 7) is 3.06. The Morgan fingerprint density at radius 2 is 2.00 bits per heavy atom. The third-order valence-electron chi connectivity index (χ3n) is 3.91. The molecular weight excluding hydrogens is 246 g/mol. The molecule has 1 aromatic carbocycles. The molecule has 3 rings (SSSR count). The molecule has 1 aliphatic heterocycles. The van der Waals surface area contributed by atoms with E-state index in [0.29, 0.717) is 6.04 Å². The largest absolute Gasteiger partial charge is 0.309 e. The van der Waals surface area contributed by atoms with Gasteiger partial charge in [-0.2, -0.15) is 0 Å². The Balaban J connectivity index is 1.66. The Hall–Kier alpha value is -1.71. The van der Waals surface area contributed by atoms with Gasteiger partial charge in [0, 0.05) is 31.5 Å². The van der Waals surface area contributed by atoms with E-state index in [4.69, 9.17) is 0 Å². The molecule has 0 saturated heterocycles. The smallest absolute Gasteiger partial charge is 0.0452 e. The van der Waals surface area contributed by atoms with Gasteiger partial charge in [0.25, 0.3) is 0 Å². The number of aromatic nitrogens is 1. The summed E-state index contributed by atoms with van der Waals surface area (Å²) in [6.07, 6.45) is 4.86. The van der Waals surface area contributed by atoms with Crippen LogP contribution in [0.25, 0.3) is 0 Å². The highest BCUT2D eigenvalue weighted by atomic mass is 15.1. The number of fused-ring (bicyclic) bond motifs is 1. The van der Waals surface area contributed by atoms with Crippen LogP contribution in [0, 0.1) is 0 Å². The second-order valence-corrected chi connectivity index (χ2v) is 5.51. The van der Waals surface area contributed by atoms with Gasteiger partial charge in [-0.3, -0.25) is 4.98 Å².